The van der Waals surface area contributed by atoms with E-state index in [0.29, 0.717) is 5.92 Å². The van der Waals surface area contributed by atoms with Gasteiger partial charge in [-0.25, -0.2) is 0 Å². The van der Waals surface area contributed by atoms with E-state index in [1.54, 1.807) is 11.6 Å². The van der Waals surface area contributed by atoms with E-state index in [1.165, 1.54) is 5.56 Å². The molecular weight excluding hydrogens is 186 g/mol. The van der Waals surface area contributed by atoms with Gasteiger partial charge in [0.1, 0.15) is 0 Å². The average Bonchev–Trinajstić information content (AvgIpc) is 2.23. The number of benzene rings is 1. The Hall–Kier alpha value is -1.57. The van der Waals surface area contributed by atoms with Gasteiger partial charge in [-0.15, -0.1) is 0 Å². The summed E-state index contributed by atoms with van der Waals surface area (Å²) in [7, 11) is 1.81. The maximum atomic E-state index is 11.9. The van der Waals surface area contributed by atoms with Crippen LogP contribution in [0.4, 0.5) is 0 Å². The minimum absolute atomic E-state index is 0.0787. The summed E-state index contributed by atoms with van der Waals surface area (Å²) in [5, 5.41) is 1.89. The van der Waals surface area contributed by atoms with Crippen LogP contribution in [0.15, 0.2) is 35.3 Å². The van der Waals surface area contributed by atoms with Gasteiger partial charge in [-0.2, -0.15) is 0 Å². The van der Waals surface area contributed by atoms with Crippen LogP contribution in [0.1, 0.15) is 25.3 Å². The van der Waals surface area contributed by atoms with Crippen LogP contribution in [0.25, 0.3) is 10.8 Å². The molecule has 0 aliphatic rings. The lowest BCUT2D eigenvalue weighted by atomic mass is 9.99. The quantitative estimate of drug-likeness (QED) is 0.695. The molecule has 0 aliphatic carbocycles. The number of nitrogens with zero attached hydrogens (tertiary/aromatic N) is 1. The Labute approximate surface area is 89.2 Å². The lowest BCUT2D eigenvalue weighted by molar-refractivity contribution is 0.810. The molecule has 0 saturated heterocycles. The van der Waals surface area contributed by atoms with Gasteiger partial charge in [-0.3, -0.25) is 4.79 Å². The Morgan fingerprint density at radius 1 is 1.13 bits per heavy atom. The smallest absolute Gasteiger partial charge is 0.258 e. The standard InChI is InChI=1S/C13H15NO/c1-9(2)12-8-14(3)13(15)11-7-5-4-6-10(11)12/h4-9H,1-3H3. The molecule has 0 amide bonds. The third kappa shape index (κ3) is 1.56. The Morgan fingerprint density at radius 3 is 2.33 bits per heavy atom. The van der Waals surface area contributed by atoms with Crippen molar-refractivity contribution in [1.29, 1.82) is 0 Å². The van der Waals surface area contributed by atoms with Crippen LogP contribution >= 0.6 is 0 Å². The zero-order valence-corrected chi connectivity index (χ0v) is 9.32. The van der Waals surface area contributed by atoms with Gasteiger partial charge in [0.2, 0.25) is 0 Å². The molecule has 0 unspecified atom stereocenters. The number of fused-ring (bicyclic) bond motifs is 1. The molecule has 0 radical (unpaired) electrons. The molecule has 0 atom stereocenters. The van der Waals surface area contributed by atoms with Gasteiger partial charge in [0, 0.05) is 18.6 Å². The first-order chi connectivity index (χ1) is 7.11. The highest BCUT2D eigenvalue weighted by Gasteiger charge is 2.08. The largest absolute Gasteiger partial charge is 0.318 e. The highest BCUT2D eigenvalue weighted by molar-refractivity contribution is 5.85. The van der Waals surface area contributed by atoms with Gasteiger partial charge in [0.25, 0.3) is 5.56 Å². The summed E-state index contributed by atoms with van der Waals surface area (Å²) in [6.45, 7) is 4.29. The van der Waals surface area contributed by atoms with Gasteiger partial charge in [0.05, 0.1) is 0 Å². The predicted octanol–water partition coefficient (Wildman–Crippen LogP) is 2.66. The van der Waals surface area contributed by atoms with Crippen molar-refractivity contribution in [2.75, 3.05) is 0 Å². The highest BCUT2D eigenvalue weighted by atomic mass is 16.1. The van der Waals surface area contributed by atoms with Crippen molar-refractivity contribution in [2.45, 2.75) is 19.8 Å². The van der Waals surface area contributed by atoms with E-state index >= 15 is 0 Å². The van der Waals surface area contributed by atoms with Crippen LogP contribution in [-0.4, -0.2) is 4.57 Å². The molecule has 0 aliphatic heterocycles. The second-order valence-electron chi connectivity index (χ2n) is 4.20. The highest BCUT2D eigenvalue weighted by Crippen LogP contribution is 2.22. The molecule has 2 nitrogen and oxygen atoms in total. The minimum atomic E-state index is 0.0787. The Bertz CT molecular complexity index is 552. The SMILES string of the molecule is CC(C)c1cn(C)c(=O)c2ccccc12. The predicted molar refractivity (Wildman–Crippen MR) is 63.3 cm³/mol. The van der Waals surface area contributed by atoms with Crippen LogP contribution in [0, 0.1) is 0 Å². The number of pyridine rings is 1. The van der Waals surface area contributed by atoms with Crippen LogP contribution < -0.4 is 5.56 Å². The third-order valence-electron chi connectivity index (χ3n) is 2.74. The van der Waals surface area contributed by atoms with E-state index in [-0.39, 0.29) is 5.56 Å². The summed E-state index contributed by atoms with van der Waals surface area (Å²) < 4.78 is 1.66. The molecule has 0 N–H and O–H groups in total. The molecule has 0 saturated carbocycles. The van der Waals surface area contributed by atoms with Gasteiger partial charge in [-0.05, 0) is 22.9 Å². The van der Waals surface area contributed by atoms with Gasteiger partial charge in [0.15, 0.2) is 0 Å². The molecule has 2 aromatic rings. The van der Waals surface area contributed by atoms with Crippen molar-refractivity contribution in [1.82, 2.24) is 4.57 Å². The second kappa shape index (κ2) is 3.54. The molecule has 1 aromatic heterocycles. The molecule has 0 spiro atoms. The molecule has 0 fully saturated rings. The van der Waals surface area contributed by atoms with Crippen molar-refractivity contribution in [3.63, 3.8) is 0 Å². The Morgan fingerprint density at radius 2 is 1.73 bits per heavy atom. The molecule has 1 aromatic carbocycles. The molecule has 2 heteroatoms. The third-order valence-corrected chi connectivity index (χ3v) is 2.74. The summed E-state index contributed by atoms with van der Waals surface area (Å²) in [5.74, 6) is 0.432. The summed E-state index contributed by atoms with van der Waals surface area (Å²) in [4.78, 5) is 11.9. The van der Waals surface area contributed by atoms with Gasteiger partial charge < -0.3 is 4.57 Å². The van der Waals surface area contributed by atoms with E-state index in [0.717, 1.165) is 10.8 Å². The van der Waals surface area contributed by atoms with E-state index in [4.69, 9.17) is 0 Å². The number of rotatable bonds is 1. The van der Waals surface area contributed by atoms with Crippen LogP contribution in [-0.2, 0) is 7.05 Å². The van der Waals surface area contributed by atoms with E-state index in [2.05, 4.69) is 13.8 Å². The maximum absolute atomic E-state index is 11.9. The molecule has 1 heterocycles. The molecule has 2 rings (SSSR count). The molecule has 0 bridgehead atoms. The van der Waals surface area contributed by atoms with Gasteiger partial charge >= 0.3 is 0 Å². The van der Waals surface area contributed by atoms with Crippen molar-refractivity contribution in [3.8, 4) is 0 Å². The van der Waals surface area contributed by atoms with Crippen molar-refractivity contribution in [2.24, 2.45) is 7.05 Å². The Kier molecular flexibility index (Phi) is 2.35. The van der Waals surface area contributed by atoms with Crippen LogP contribution in [0.2, 0.25) is 0 Å². The summed E-state index contributed by atoms with van der Waals surface area (Å²) in [5.41, 5.74) is 1.31. The van der Waals surface area contributed by atoms with Crippen molar-refractivity contribution >= 4 is 10.8 Å². The van der Waals surface area contributed by atoms with Crippen LogP contribution in [0.5, 0.6) is 0 Å². The number of hydrogen-bond acceptors (Lipinski definition) is 1. The first-order valence-electron chi connectivity index (χ1n) is 5.19. The summed E-state index contributed by atoms with van der Waals surface area (Å²) in [6, 6.07) is 7.80. The first kappa shape index (κ1) is 9.97. The summed E-state index contributed by atoms with van der Waals surface area (Å²) in [6.07, 6.45) is 1.94. The average molecular weight is 201 g/mol. The monoisotopic (exact) mass is 201 g/mol. The topological polar surface area (TPSA) is 22.0 Å². The fraction of sp³-hybridized carbons (Fsp3) is 0.308. The minimum Gasteiger partial charge on any atom is -0.318 e. The Balaban J connectivity index is 2.95. The number of aromatic nitrogens is 1. The van der Waals surface area contributed by atoms with E-state index in [9.17, 15) is 4.79 Å². The number of aryl methyl sites for hydroxylation is 1. The molecule has 78 valence electrons. The molecular formula is C13H15NO. The van der Waals surface area contributed by atoms with Crippen LogP contribution in [0.3, 0.4) is 0 Å². The molecule has 15 heavy (non-hydrogen) atoms. The lowest BCUT2D eigenvalue weighted by Gasteiger charge is -2.11. The van der Waals surface area contributed by atoms with Crippen molar-refractivity contribution in [3.05, 3.63) is 46.4 Å². The van der Waals surface area contributed by atoms with E-state index < -0.39 is 0 Å². The normalized spacial score (nSPS) is 11.2. The van der Waals surface area contributed by atoms with E-state index in [1.807, 2.05) is 30.5 Å². The maximum Gasteiger partial charge on any atom is 0.258 e. The lowest BCUT2D eigenvalue weighted by Crippen LogP contribution is -2.17. The fourth-order valence-electron chi connectivity index (χ4n) is 1.91. The fourth-order valence-corrected chi connectivity index (χ4v) is 1.91. The van der Waals surface area contributed by atoms with Gasteiger partial charge in [-0.1, -0.05) is 32.0 Å². The summed E-state index contributed by atoms with van der Waals surface area (Å²) >= 11 is 0. The zero-order chi connectivity index (χ0) is 11.0. The second-order valence-corrected chi connectivity index (χ2v) is 4.20. The zero-order valence-electron chi connectivity index (χ0n) is 9.32. The number of hydrogen-bond donors (Lipinski definition) is 0. The van der Waals surface area contributed by atoms with Crippen molar-refractivity contribution < 1.29 is 0 Å². The first-order valence-corrected chi connectivity index (χ1v) is 5.19.